The molecule has 2 rings (SSSR count). The van der Waals surface area contributed by atoms with E-state index in [0.717, 1.165) is 14.9 Å². The number of nitrogens with one attached hydrogen (secondary N) is 1. The Labute approximate surface area is 140 Å². The van der Waals surface area contributed by atoms with Crippen LogP contribution in [0, 0.1) is 0 Å². The molecule has 5 nitrogen and oxygen atoms in total. The van der Waals surface area contributed by atoms with Crippen molar-refractivity contribution in [2.75, 3.05) is 0 Å². The van der Waals surface area contributed by atoms with Crippen LogP contribution in [0.5, 0.6) is 0 Å². The Morgan fingerprint density at radius 3 is 2.59 bits per heavy atom. The van der Waals surface area contributed by atoms with Gasteiger partial charge in [0.05, 0.1) is 3.79 Å². The number of halogens is 1. The number of carbonyl (C=O) groups is 2. The van der Waals surface area contributed by atoms with Crippen LogP contribution in [0.4, 0.5) is 4.79 Å². The van der Waals surface area contributed by atoms with Gasteiger partial charge in [0.1, 0.15) is 12.6 Å². The molecule has 0 spiro atoms. The smallest absolute Gasteiger partial charge is 0.408 e. The summed E-state index contributed by atoms with van der Waals surface area (Å²) in [6.45, 7) is 0.100. The molecular weight excluding hydrogens is 370 g/mol. The monoisotopic (exact) mass is 383 g/mol. The van der Waals surface area contributed by atoms with E-state index in [4.69, 9.17) is 4.74 Å². The Balaban J connectivity index is 1.87. The summed E-state index contributed by atoms with van der Waals surface area (Å²) in [5.41, 5.74) is 1.68. The summed E-state index contributed by atoms with van der Waals surface area (Å²) >= 11 is 4.78. The molecule has 2 N–H and O–H groups in total. The Hall–Kier alpha value is -1.86. The van der Waals surface area contributed by atoms with Crippen molar-refractivity contribution in [3.05, 3.63) is 56.7 Å². The first-order valence-corrected chi connectivity index (χ1v) is 8.15. The minimum atomic E-state index is -1.10. The maximum atomic E-state index is 11.7. The van der Waals surface area contributed by atoms with E-state index in [1.807, 2.05) is 41.8 Å². The fourth-order valence-electron chi connectivity index (χ4n) is 1.80. The second kappa shape index (κ2) is 7.95. The van der Waals surface area contributed by atoms with Gasteiger partial charge in [0.15, 0.2) is 0 Å². The van der Waals surface area contributed by atoms with Crippen LogP contribution in [0.25, 0.3) is 0 Å². The van der Waals surface area contributed by atoms with Gasteiger partial charge in [0.25, 0.3) is 0 Å². The molecule has 1 aromatic heterocycles. The third-order valence-electron chi connectivity index (χ3n) is 2.86. The van der Waals surface area contributed by atoms with Crippen molar-refractivity contribution in [3.63, 3.8) is 0 Å². The quantitative estimate of drug-likeness (QED) is 0.800. The van der Waals surface area contributed by atoms with E-state index in [1.165, 1.54) is 11.3 Å². The van der Waals surface area contributed by atoms with E-state index in [0.29, 0.717) is 0 Å². The number of ether oxygens (including phenoxy) is 1. The number of hydrogen-bond acceptors (Lipinski definition) is 4. The van der Waals surface area contributed by atoms with Crippen LogP contribution in [-0.2, 0) is 22.6 Å². The lowest BCUT2D eigenvalue weighted by atomic mass is 10.1. The van der Waals surface area contributed by atoms with Crippen LogP contribution in [0.1, 0.15) is 11.1 Å². The number of alkyl carbamates (subject to hydrolysis) is 1. The van der Waals surface area contributed by atoms with Crippen LogP contribution in [0.3, 0.4) is 0 Å². The number of carboxylic acids is 1. The highest BCUT2D eigenvalue weighted by Gasteiger charge is 2.21. The number of rotatable bonds is 6. The summed E-state index contributed by atoms with van der Waals surface area (Å²) in [7, 11) is 0. The van der Waals surface area contributed by atoms with Gasteiger partial charge >= 0.3 is 12.1 Å². The number of thiophene rings is 1. The van der Waals surface area contributed by atoms with Crippen molar-refractivity contribution in [1.29, 1.82) is 0 Å². The molecule has 1 aromatic carbocycles. The predicted molar refractivity (Wildman–Crippen MR) is 86.9 cm³/mol. The SMILES string of the molecule is O=C(N[C@@H](Cc1csc(Br)c1)C(=O)O)OCc1ccccc1. The van der Waals surface area contributed by atoms with E-state index < -0.39 is 18.1 Å². The van der Waals surface area contributed by atoms with Crippen molar-refractivity contribution < 1.29 is 19.4 Å². The fraction of sp³-hybridized carbons (Fsp3) is 0.200. The molecule has 0 aliphatic carbocycles. The lowest BCUT2D eigenvalue weighted by Gasteiger charge is -2.14. The number of amides is 1. The predicted octanol–water partition coefficient (Wildman–Crippen LogP) is 3.43. The molecule has 0 radical (unpaired) electrons. The van der Waals surface area contributed by atoms with Crippen LogP contribution >= 0.6 is 27.3 Å². The Kier molecular flexibility index (Phi) is 5.97. The molecule has 7 heteroatoms. The minimum Gasteiger partial charge on any atom is -0.480 e. The first-order valence-electron chi connectivity index (χ1n) is 6.47. The molecule has 1 heterocycles. The average molecular weight is 384 g/mol. The standard InChI is InChI=1S/C15H14BrNO4S/c16-13-7-11(9-22-13)6-12(14(18)19)17-15(20)21-8-10-4-2-1-3-5-10/h1-5,7,9,12H,6,8H2,(H,17,20)(H,18,19)/t12-/m0/s1. The van der Waals surface area contributed by atoms with Crippen LogP contribution in [0.2, 0.25) is 0 Å². The van der Waals surface area contributed by atoms with E-state index in [1.54, 1.807) is 0 Å². The number of benzene rings is 1. The molecule has 0 aliphatic heterocycles. The van der Waals surface area contributed by atoms with Gasteiger partial charge in [0.2, 0.25) is 0 Å². The van der Waals surface area contributed by atoms with Gasteiger partial charge in [-0.05, 0) is 38.5 Å². The van der Waals surface area contributed by atoms with E-state index in [2.05, 4.69) is 21.2 Å². The average Bonchev–Trinajstić information content (AvgIpc) is 2.91. The zero-order valence-electron chi connectivity index (χ0n) is 11.5. The van der Waals surface area contributed by atoms with Crippen LogP contribution in [0.15, 0.2) is 45.6 Å². The zero-order valence-corrected chi connectivity index (χ0v) is 13.9. The van der Waals surface area contributed by atoms with Crippen molar-refractivity contribution in [2.24, 2.45) is 0 Å². The third-order valence-corrected chi connectivity index (χ3v) is 4.42. The van der Waals surface area contributed by atoms with Crippen molar-refractivity contribution in [2.45, 2.75) is 19.1 Å². The van der Waals surface area contributed by atoms with Crippen molar-refractivity contribution >= 4 is 39.3 Å². The summed E-state index contributed by atoms with van der Waals surface area (Å²) in [6.07, 6.45) is -0.539. The molecule has 2 aromatic rings. The second-order valence-electron chi connectivity index (χ2n) is 4.56. The Morgan fingerprint density at radius 2 is 2.00 bits per heavy atom. The topological polar surface area (TPSA) is 75.6 Å². The number of carbonyl (C=O) groups excluding carboxylic acids is 1. The van der Waals surface area contributed by atoms with Crippen molar-refractivity contribution in [3.8, 4) is 0 Å². The van der Waals surface area contributed by atoms with E-state index >= 15 is 0 Å². The molecule has 0 saturated heterocycles. The zero-order chi connectivity index (χ0) is 15.9. The molecule has 22 heavy (non-hydrogen) atoms. The molecule has 0 aliphatic rings. The molecule has 116 valence electrons. The van der Waals surface area contributed by atoms with Gasteiger partial charge in [0, 0.05) is 6.42 Å². The van der Waals surface area contributed by atoms with Crippen LogP contribution < -0.4 is 5.32 Å². The van der Waals surface area contributed by atoms with Gasteiger partial charge in [-0.25, -0.2) is 9.59 Å². The lowest BCUT2D eigenvalue weighted by Crippen LogP contribution is -2.42. The Morgan fingerprint density at radius 1 is 1.27 bits per heavy atom. The molecular formula is C15H14BrNO4S. The first-order chi connectivity index (χ1) is 10.5. The largest absolute Gasteiger partial charge is 0.480 e. The normalized spacial score (nSPS) is 11.7. The van der Waals surface area contributed by atoms with Gasteiger partial charge in [-0.3, -0.25) is 0 Å². The van der Waals surface area contributed by atoms with Crippen LogP contribution in [-0.4, -0.2) is 23.2 Å². The summed E-state index contributed by atoms with van der Waals surface area (Å²) in [6, 6.07) is 10.00. The maximum absolute atomic E-state index is 11.7. The third kappa shape index (κ3) is 5.16. The Bertz CT molecular complexity index is 644. The van der Waals surface area contributed by atoms with Gasteiger partial charge in [-0.1, -0.05) is 30.3 Å². The van der Waals surface area contributed by atoms with E-state index in [-0.39, 0.29) is 13.0 Å². The van der Waals surface area contributed by atoms with Crippen molar-refractivity contribution in [1.82, 2.24) is 5.32 Å². The highest BCUT2D eigenvalue weighted by molar-refractivity contribution is 9.11. The number of aliphatic carboxylic acids is 1. The fourth-order valence-corrected chi connectivity index (χ4v) is 3.02. The summed E-state index contributed by atoms with van der Waals surface area (Å²) in [5.74, 6) is -1.10. The summed E-state index contributed by atoms with van der Waals surface area (Å²) in [5, 5.41) is 13.4. The summed E-state index contributed by atoms with van der Waals surface area (Å²) < 4.78 is 5.95. The lowest BCUT2D eigenvalue weighted by molar-refractivity contribution is -0.139. The van der Waals surface area contributed by atoms with E-state index in [9.17, 15) is 14.7 Å². The number of carboxylic acid groups (broad SMARTS) is 1. The number of hydrogen-bond donors (Lipinski definition) is 2. The molecule has 0 bridgehead atoms. The van der Waals surface area contributed by atoms with Gasteiger partial charge < -0.3 is 15.2 Å². The molecule has 1 amide bonds. The molecule has 0 saturated carbocycles. The van der Waals surface area contributed by atoms with Gasteiger partial charge in [-0.15, -0.1) is 11.3 Å². The first kappa shape index (κ1) is 16.5. The van der Waals surface area contributed by atoms with Gasteiger partial charge in [-0.2, -0.15) is 0 Å². The minimum absolute atomic E-state index is 0.100. The highest BCUT2D eigenvalue weighted by Crippen LogP contribution is 2.21. The highest BCUT2D eigenvalue weighted by atomic mass is 79.9. The summed E-state index contributed by atoms with van der Waals surface area (Å²) in [4.78, 5) is 23.0. The molecule has 0 fully saturated rings. The molecule has 1 atom stereocenters. The molecule has 0 unspecified atom stereocenters. The maximum Gasteiger partial charge on any atom is 0.408 e. The second-order valence-corrected chi connectivity index (χ2v) is 6.85.